The van der Waals surface area contributed by atoms with Gasteiger partial charge in [-0.3, -0.25) is 0 Å². The Kier molecular flexibility index (Phi) is 5.76. The first-order valence-corrected chi connectivity index (χ1v) is 8.75. The van der Waals surface area contributed by atoms with Crippen LogP contribution in [-0.2, 0) is 10.0 Å². The maximum atomic E-state index is 12.1. The maximum absolute atomic E-state index is 12.1. The monoisotopic (exact) mass is 327 g/mol. The number of sulfonamides is 1. The highest BCUT2D eigenvalue weighted by atomic mass is 32.2. The predicted molar refractivity (Wildman–Crippen MR) is 83.3 cm³/mol. The van der Waals surface area contributed by atoms with Gasteiger partial charge in [-0.15, -0.1) is 0 Å². The van der Waals surface area contributed by atoms with E-state index in [1.807, 2.05) is 13.1 Å². The number of benzene rings is 1. The predicted octanol–water partition coefficient (Wildman–Crippen LogP) is 0.352. The number of hydrogen-bond donors (Lipinski definition) is 1. The first-order chi connectivity index (χ1) is 10.5. The van der Waals surface area contributed by atoms with E-state index < -0.39 is 16.1 Å². The summed E-state index contributed by atoms with van der Waals surface area (Å²) < 4.78 is 30.8. The molecular weight excluding hydrogens is 306 g/mol. The van der Waals surface area contributed by atoms with Crippen molar-refractivity contribution in [2.24, 2.45) is 0 Å². The van der Waals surface area contributed by atoms with Gasteiger partial charge in [0.15, 0.2) is 0 Å². The van der Waals surface area contributed by atoms with Crippen LogP contribution in [0.2, 0.25) is 0 Å². The molecule has 0 saturated carbocycles. The van der Waals surface area contributed by atoms with Gasteiger partial charge in [0.05, 0.1) is 5.75 Å². The quantitative estimate of drug-likeness (QED) is 0.844. The summed E-state index contributed by atoms with van der Waals surface area (Å²) in [4.78, 5) is 13.7. The molecule has 7 nitrogen and oxygen atoms in total. The minimum atomic E-state index is -3.34. The lowest BCUT2D eigenvalue weighted by Crippen LogP contribution is -2.48. The molecule has 1 N–H and O–H groups in total. The summed E-state index contributed by atoms with van der Waals surface area (Å²) in [5.74, 6) is 0.294. The molecule has 1 amide bonds. The van der Waals surface area contributed by atoms with Crippen molar-refractivity contribution in [3.05, 3.63) is 30.3 Å². The summed E-state index contributed by atoms with van der Waals surface area (Å²) in [7, 11) is -1.38. The van der Waals surface area contributed by atoms with E-state index in [1.54, 1.807) is 24.3 Å². The topological polar surface area (TPSA) is 79.0 Å². The number of nitrogens with one attached hydrogen (secondary N) is 1. The van der Waals surface area contributed by atoms with Crippen molar-refractivity contribution in [1.29, 1.82) is 0 Å². The van der Waals surface area contributed by atoms with E-state index in [-0.39, 0.29) is 12.3 Å². The van der Waals surface area contributed by atoms with Crippen LogP contribution in [0.5, 0.6) is 5.75 Å². The Hall–Kier alpha value is -1.64. The Labute approximate surface area is 130 Å². The van der Waals surface area contributed by atoms with Crippen molar-refractivity contribution in [3.63, 3.8) is 0 Å². The molecule has 22 heavy (non-hydrogen) atoms. The van der Waals surface area contributed by atoms with Crippen LogP contribution in [0.4, 0.5) is 4.79 Å². The van der Waals surface area contributed by atoms with Crippen LogP contribution in [0.1, 0.15) is 0 Å². The number of carbonyl (C=O) groups excluding carboxylic acids is 1. The van der Waals surface area contributed by atoms with E-state index in [0.717, 1.165) is 13.1 Å². The summed E-state index contributed by atoms with van der Waals surface area (Å²) in [6.45, 7) is 2.46. The van der Waals surface area contributed by atoms with Crippen LogP contribution in [0.15, 0.2) is 30.3 Å². The fourth-order valence-electron chi connectivity index (χ4n) is 2.11. The molecule has 0 unspecified atom stereocenters. The molecule has 1 aromatic carbocycles. The van der Waals surface area contributed by atoms with E-state index in [2.05, 4.69) is 10.2 Å². The van der Waals surface area contributed by atoms with Crippen LogP contribution < -0.4 is 10.1 Å². The summed E-state index contributed by atoms with van der Waals surface area (Å²) in [6, 6.07) is 8.62. The van der Waals surface area contributed by atoms with Crippen molar-refractivity contribution < 1.29 is 17.9 Å². The van der Waals surface area contributed by atoms with Gasteiger partial charge in [-0.05, 0) is 19.2 Å². The molecule has 122 valence electrons. The van der Waals surface area contributed by atoms with E-state index in [1.165, 1.54) is 4.31 Å². The number of ether oxygens (including phenoxy) is 1. The van der Waals surface area contributed by atoms with Gasteiger partial charge in [0.1, 0.15) is 5.75 Å². The highest BCUT2D eigenvalue weighted by Crippen LogP contribution is 2.08. The van der Waals surface area contributed by atoms with Crippen LogP contribution >= 0.6 is 0 Å². The van der Waals surface area contributed by atoms with Crippen LogP contribution in [0.25, 0.3) is 0 Å². The van der Waals surface area contributed by atoms with Crippen LogP contribution in [0.3, 0.4) is 0 Å². The van der Waals surface area contributed by atoms with E-state index in [4.69, 9.17) is 4.74 Å². The highest BCUT2D eigenvalue weighted by molar-refractivity contribution is 7.89. The van der Waals surface area contributed by atoms with Gasteiger partial charge in [-0.2, -0.15) is 4.31 Å². The zero-order chi connectivity index (χ0) is 16.0. The zero-order valence-corrected chi connectivity index (χ0v) is 13.4. The average molecular weight is 327 g/mol. The maximum Gasteiger partial charge on any atom is 0.412 e. The van der Waals surface area contributed by atoms with Gasteiger partial charge in [-0.25, -0.2) is 13.2 Å². The molecule has 1 aliphatic rings. The molecule has 0 bridgehead atoms. The molecule has 0 spiro atoms. The molecule has 1 heterocycles. The Balaban J connectivity index is 1.74. The number of para-hydroxylation sites is 1. The fraction of sp³-hybridized carbons (Fsp3) is 0.500. The number of likely N-dealkylation sites (N-methyl/N-ethyl adjacent to an activating group) is 1. The van der Waals surface area contributed by atoms with Crippen molar-refractivity contribution in [2.75, 3.05) is 45.5 Å². The van der Waals surface area contributed by atoms with Gasteiger partial charge in [0, 0.05) is 32.7 Å². The molecule has 1 fully saturated rings. The third-order valence-corrected chi connectivity index (χ3v) is 5.31. The van der Waals surface area contributed by atoms with Gasteiger partial charge < -0.3 is 15.0 Å². The molecule has 1 aromatic rings. The van der Waals surface area contributed by atoms with Crippen LogP contribution in [0, 0.1) is 0 Å². The lowest BCUT2D eigenvalue weighted by Gasteiger charge is -2.31. The SMILES string of the molecule is CN1CCN(S(=O)(=O)CCNC(=O)Oc2ccccc2)CC1. The standard InChI is InChI=1S/C14H21N3O4S/c1-16-8-10-17(11-9-16)22(19,20)12-7-15-14(18)21-13-5-3-2-4-6-13/h2-6H,7-12H2,1H3,(H,15,18). The first-order valence-electron chi connectivity index (χ1n) is 7.14. The molecule has 1 aliphatic heterocycles. The van der Waals surface area contributed by atoms with Crippen molar-refractivity contribution >= 4 is 16.1 Å². The summed E-state index contributed by atoms with van der Waals surface area (Å²) >= 11 is 0. The Morgan fingerprint density at radius 2 is 1.82 bits per heavy atom. The molecule has 0 aliphatic carbocycles. The molecule has 8 heteroatoms. The molecule has 0 radical (unpaired) electrons. The zero-order valence-electron chi connectivity index (χ0n) is 12.6. The third kappa shape index (κ3) is 4.97. The molecule has 2 rings (SSSR count). The molecule has 0 atom stereocenters. The second-order valence-corrected chi connectivity index (χ2v) is 7.24. The van der Waals surface area contributed by atoms with Crippen molar-refractivity contribution in [2.45, 2.75) is 0 Å². The lowest BCUT2D eigenvalue weighted by atomic mass is 10.3. The summed E-state index contributed by atoms with van der Waals surface area (Å²) in [5, 5.41) is 2.46. The van der Waals surface area contributed by atoms with Crippen LogP contribution in [-0.4, -0.2) is 69.2 Å². The minimum Gasteiger partial charge on any atom is -0.410 e. The summed E-state index contributed by atoms with van der Waals surface area (Å²) in [5.41, 5.74) is 0. The third-order valence-electron chi connectivity index (χ3n) is 3.44. The lowest BCUT2D eigenvalue weighted by molar-refractivity contribution is 0.201. The van der Waals surface area contributed by atoms with E-state index in [0.29, 0.717) is 18.8 Å². The fourth-order valence-corrected chi connectivity index (χ4v) is 3.45. The van der Waals surface area contributed by atoms with Crippen molar-refractivity contribution in [3.8, 4) is 5.75 Å². The number of piperazine rings is 1. The number of nitrogens with zero attached hydrogens (tertiary/aromatic N) is 2. The van der Waals surface area contributed by atoms with Gasteiger partial charge in [-0.1, -0.05) is 18.2 Å². The number of carbonyl (C=O) groups is 1. The van der Waals surface area contributed by atoms with Gasteiger partial charge in [0.2, 0.25) is 10.0 Å². The van der Waals surface area contributed by atoms with E-state index in [9.17, 15) is 13.2 Å². The second kappa shape index (κ2) is 7.57. The molecule has 1 saturated heterocycles. The second-order valence-electron chi connectivity index (χ2n) is 5.15. The highest BCUT2D eigenvalue weighted by Gasteiger charge is 2.25. The summed E-state index contributed by atoms with van der Waals surface area (Å²) in [6.07, 6.45) is -0.653. The normalized spacial score (nSPS) is 17.1. The molecule has 0 aromatic heterocycles. The Morgan fingerprint density at radius 1 is 1.18 bits per heavy atom. The average Bonchev–Trinajstić information content (AvgIpc) is 2.48. The number of rotatable bonds is 5. The van der Waals surface area contributed by atoms with Crippen molar-refractivity contribution in [1.82, 2.24) is 14.5 Å². The minimum absolute atomic E-state index is 0.0281. The van der Waals surface area contributed by atoms with Gasteiger partial charge >= 0.3 is 6.09 Å². The number of amides is 1. The molecular formula is C14H21N3O4S. The largest absolute Gasteiger partial charge is 0.412 e. The smallest absolute Gasteiger partial charge is 0.410 e. The number of hydrogen-bond acceptors (Lipinski definition) is 5. The van der Waals surface area contributed by atoms with Gasteiger partial charge in [0.25, 0.3) is 0 Å². The Morgan fingerprint density at radius 3 is 2.45 bits per heavy atom. The van der Waals surface area contributed by atoms with E-state index >= 15 is 0 Å². The Bertz CT molecular complexity index is 583. The first kappa shape index (κ1) is 16.7.